The van der Waals surface area contributed by atoms with E-state index >= 15 is 0 Å². The Morgan fingerprint density at radius 1 is 1.45 bits per heavy atom. The lowest BCUT2D eigenvalue weighted by Crippen LogP contribution is -2.55. The van der Waals surface area contributed by atoms with Gasteiger partial charge in [0.15, 0.2) is 0 Å². The molecule has 3 rings (SSSR count). The smallest absolute Gasteiger partial charge is 0.115 e. The summed E-state index contributed by atoms with van der Waals surface area (Å²) in [5.41, 5.74) is 2.75. The summed E-state index contributed by atoms with van der Waals surface area (Å²) in [6, 6.07) is 8.46. The summed E-state index contributed by atoms with van der Waals surface area (Å²) in [5, 5.41) is 18.6. The highest BCUT2D eigenvalue weighted by Crippen LogP contribution is 2.47. The molecule has 0 aromatic heterocycles. The number of likely N-dealkylation sites (tertiary alicyclic amines) is 1. The van der Waals surface area contributed by atoms with Gasteiger partial charge < -0.3 is 5.11 Å². The Bertz CT molecular complexity index is 627. The highest BCUT2D eigenvalue weighted by Gasteiger charge is 2.45. The van der Waals surface area contributed by atoms with E-state index in [1.165, 1.54) is 24.0 Å². The Kier molecular flexibility index (Phi) is 3.97. The third kappa shape index (κ3) is 2.53. The monoisotopic (exact) mass is 296 g/mol. The lowest BCUT2D eigenvalue weighted by Gasteiger charge is -2.52. The van der Waals surface area contributed by atoms with Gasteiger partial charge in [-0.05, 0) is 60.4 Å². The van der Waals surface area contributed by atoms with Crippen LogP contribution in [0.15, 0.2) is 30.4 Å². The number of benzene rings is 1. The van der Waals surface area contributed by atoms with Crippen LogP contribution in [0.5, 0.6) is 5.75 Å². The minimum Gasteiger partial charge on any atom is -0.508 e. The molecular weight excluding hydrogens is 272 g/mol. The van der Waals surface area contributed by atoms with Crippen molar-refractivity contribution >= 4 is 0 Å². The van der Waals surface area contributed by atoms with Crippen molar-refractivity contribution in [3.63, 3.8) is 0 Å². The lowest BCUT2D eigenvalue weighted by atomic mass is 9.60. The fourth-order valence-corrected chi connectivity index (χ4v) is 4.47. The minimum absolute atomic E-state index is 0.0780. The van der Waals surface area contributed by atoms with Gasteiger partial charge in [0.25, 0.3) is 0 Å². The van der Waals surface area contributed by atoms with E-state index in [1.54, 1.807) is 12.1 Å². The van der Waals surface area contributed by atoms with Crippen LogP contribution in [-0.4, -0.2) is 29.1 Å². The standard InChI is InChI=1S/C19H24N2O/c1-19(2)16-6-5-11-21(10-4-3-9-20)18(16)12-14-7-8-15(22)13-17(14)19/h3-4,7-8,13,16,18,22H,5-6,10-12H2,1-2H3. The molecule has 2 atom stereocenters. The van der Waals surface area contributed by atoms with Gasteiger partial charge in [-0.2, -0.15) is 5.26 Å². The molecule has 1 aromatic carbocycles. The van der Waals surface area contributed by atoms with Crippen molar-refractivity contribution in [2.75, 3.05) is 13.1 Å². The van der Waals surface area contributed by atoms with Crippen molar-refractivity contribution in [3.05, 3.63) is 41.5 Å². The van der Waals surface area contributed by atoms with Gasteiger partial charge in [0, 0.05) is 18.7 Å². The third-order valence-electron chi connectivity index (χ3n) is 5.57. The zero-order chi connectivity index (χ0) is 15.7. The first-order valence-corrected chi connectivity index (χ1v) is 8.15. The molecular formula is C19H24N2O. The van der Waals surface area contributed by atoms with E-state index in [4.69, 9.17) is 5.26 Å². The molecule has 1 aliphatic carbocycles. The maximum Gasteiger partial charge on any atom is 0.115 e. The number of nitriles is 1. The Morgan fingerprint density at radius 2 is 2.27 bits per heavy atom. The SMILES string of the molecule is CC1(C)c2cc(O)ccc2CC2C1CCCN2CC=CC#N. The Balaban J connectivity index is 1.94. The summed E-state index contributed by atoms with van der Waals surface area (Å²) in [6.45, 7) is 6.60. The molecule has 1 N–H and O–H groups in total. The number of rotatable bonds is 2. The summed E-state index contributed by atoms with van der Waals surface area (Å²) >= 11 is 0. The van der Waals surface area contributed by atoms with Gasteiger partial charge in [0.05, 0.1) is 6.07 Å². The molecule has 2 aliphatic rings. The van der Waals surface area contributed by atoms with E-state index in [9.17, 15) is 5.11 Å². The van der Waals surface area contributed by atoms with Crippen LogP contribution in [0, 0.1) is 17.2 Å². The van der Waals surface area contributed by atoms with Gasteiger partial charge >= 0.3 is 0 Å². The van der Waals surface area contributed by atoms with Crippen molar-refractivity contribution in [2.45, 2.75) is 44.6 Å². The van der Waals surface area contributed by atoms with Crippen LogP contribution < -0.4 is 0 Å². The zero-order valence-corrected chi connectivity index (χ0v) is 13.4. The predicted molar refractivity (Wildman–Crippen MR) is 87.7 cm³/mol. The molecule has 0 spiro atoms. The van der Waals surface area contributed by atoms with Gasteiger partial charge in [0.1, 0.15) is 5.75 Å². The average molecular weight is 296 g/mol. The number of nitrogens with zero attached hydrogens (tertiary/aromatic N) is 2. The van der Waals surface area contributed by atoms with Gasteiger partial charge in [-0.3, -0.25) is 4.90 Å². The Morgan fingerprint density at radius 3 is 3.05 bits per heavy atom. The molecule has 1 heterocycles. The highest BCUT2D eigenvalue weighted by atomic mass is 16.3. The van der Waals surface area contributed by atoms with Crippen molar-refractivity contribution in [2.24, 2.45) is 5.92 Å². The molecule has 22 heavy (non-hydrogen) atoms. The van der Waals surface area contributed by atoms with Crippen molar-refractivity contribution in [1.82, 2.24) is 4.90 Å². The number of allylic oxidation sites excluding steroid dienone is 1. The minimum atomic E-state index is 0.0780. The van der Waals surface area contributed by atoms with Gasteiger partial charge in [-0.1, -0.05) is 26.0 Å². The molecule has 0 bridgehead atoms. The van der Waals surface area contributed by atoms with Crippen molar-refractivity contribution < 1.29 is 5.11 Å². The van der Waals surface area contributed by atoms with E-state index < -0.39 is 0 Å². The highest BCUT2D eigenvalue weighted by molar-refractivity contribution is 5.43. The molecule has 0 saturated carbocycles. The second-order valence-electron chi connectivity index (χ2n) is 7.11. The number of hydrogen-bond acceptors (Lipinski definition) is 3. The summed E-state index contributed by atoms with van der Waals surface area (Å²) < 4.78 is 0. The van der Waals surface area contributed by atoms with Crippen molar-refractivity contribution in [3.8, 4) is 11.8 Å². The molecule has 3 nitrogen and oxygen atoms in total. The lowest BCUT2D eigenvalue weighted by molar-refractivity contribution is 0.0527. The molecule has 3 heteroatoms. The van der Waals surface area contributed by atoms with E-state index in [0.717, 1.165) is 19.5 Å². The molecule has 1 fully saturated rings. The fourth-order valence-electron chi connectivity index (χ4n) is 4.47. The number of hydrogen-bond donors (Lipinski definition) is 1. The largest absolute Gasteiger partial charge is 0.508 e. The maximum atomic E-state index is 9.86. The van der Waals surface area contributed by atoms with Crippen LogP contribution in [0.4, 0.5) is 0 Å². The topological polar surface area (TPSA) is 47.3 Å². The van der Waals surface area contributed by atoms with Crippen LogP contribution in [-0.2, 0) is 11.8 Å². The first-order valence-electron chi connectivity index (χ1n) is 8.15. The Hall–Kier alpha value is -1.79. The van der Waals surface area contributed by atoms with Gasteiger partial charge in [-0.15, -0.1) is 0 Å². The summed E-state index contributed by atoms with van der Waals surface area (Å²) in [4.78, 5) is 2.53. The molecule has 1 aliphatic heterocycles. The fraction of sp³-hybridized carbons (Fsp3) is 0.526. The summed E-state index contributed by atoms with van der Waals surface area (Å²) in [6.07, 6.45) is 7.06. The normalized spacial score (nSPS) is 27.1. The third-order valence-corrected chi connectivity index (χ3v) is 5.57. The van der Waals surface area contributed by atoms with Crippen LogP contribution in [0.3, 0.4) is 0 Å². The number of phenolic OH excluding ortho intramolecular Hbond substituents is 1. The van der Waals surface area contributed by atoms with Crippen LogP contribution in [0.2, 0.25) is 0 Å². The number of piperidine rings is 1. The number of fused-ring (bicyclic) bond motifs is 2. The second-order valence-corrected chi connectivity index (χ2v) is 7.11. The first-order chi connectivity index (χ1) is 10.5. The summed E-state index contributed by atoms with van der Waals surface area (Å²) in [5.74, 6) is 0.973. The quantitative estimate of drug-likeness (QED) is 0.851. The van der Waals surface area contributed by atoms with Gasteiger partial charge in [0.2, 0.25) is 0 Å². The van der Waals surface area contributed by atoms with E-state index in [0.29, 0.717) is 17.7 Å². The second kappa shape index (κ2) is 5.78. The maximum absolute atomic E-state index is 9.86. The molecule has 1 aromatic rings. The van der Waals surface area contributed by atoms with E-state index in [1.807, 2.05) is 12.1 Å². The van der Waals surface area contributed by atoms with Crippen LogP contribution >= 0.6 is 0 Å². The van der Waals surface area contributed by atoms with Crippen LogP contribution in [0.1, 0.15) is 37.8 Å². The number of aromatic hydroxyl groups is 1. The van der Waals surface area contributed by atoms with Crippen LogP contribution in [0.25, 0.3) is 0 Å². The number of phenols is 1. The molecule has 2 unspecified atom stereocenters. The molecule has 116 valence electrons. The first kappa shape index (κ1) is 15.1. The predicted octanol–water partition coefficient (Wildman–Crippen LogP) is 3.39. The average Bonchev–Trinajstić information content (AvgIpc) is 2.49. The molecule has 1 saturated heterocycles. The zero-order valence-electron chi connectivity index (χ0n) is 13.4. The van der Waals surface area contributed by atoms with Gasteiger partial charge in [-0.25, -0.2) is 0 Å². The van der Waals surface area contributed by atoms with E-state index in [-0.39, 0.29) is 5.41 Å². The molecule has 0 amide bonds. The van der Waals surface area contributed by atoms with Crippen molar-refractivity contribution in [1.29, 1.82) is 5.26 Å². The molecule has 0 radical (unpaired) electrons. The Labute approximate surface area is 132 Å². The van der Waals surface area contributed by atoms with E-state index in [2.05, 4.69) is 30.9 Å². The summed E-state index contributed by atoms with van der Waals surface area (Å²) in [7, 11) is 0.